The van der Waals surface area contributed by atoms with Crippen molar-refractivity contribution in [1.29, 1.82) is 0 Å². The Balaban J connectivity index is 1.61. The Morgan fingerprint density at radius 1 is 1.12 bits per heavy atom. The fraction of sp³-hybridized carbons (Fsp3) is 0.176. The Labute approximate surface area is 138 Å². The SMILES string of the molecule is NC(=O)[C@H]1Cc2ccccc2N1C(=O)Nc1ccc2c(c1)OCO2. The molecule has 0 aliphatic carbocycles. The lowest BCUT2D eigenvalue weighted by Crippen LogP contribution is -2.47. The van der Waals surface area contributed by atoms with Gasteiger partial charge in [0.25, 0.3) is 0 Å². The highest BCUT2D eigenvalue weighted by molar-refractivity contribution is 6.08. The molecule has 1 atom stereocenters. The number of primary amides is 1. The molecule has 0 unspecified atom stereocenters. The third kappa shape index (κ3) is 2.30. The molecule has 0 fully saturated rings. The number of carbonyl (C=O) groups is 2. The number of nitrogens with zero attached hydrogens (tertiary/aromatic N) is 1. The lowest BCUT2D eigenvalue weighted by molar-refractivity contribution is -0.119. The lowest BCUT2D eigenvalue weighted by Gasteiger charge is -2.23. The second kappa shape index (κ2) is 5.45. The standard InChI is InChI=1S/C17H15N3O4/c18-16(21)13-7-10-3-1-2-4-12(10)20(13)17(22)19-11-5-6-14-15(8-11)24-9-23-14/h1-6,8,13H,7,9H2,(H2,18,21)(H,19,22)/t13-/m1/s1. The molecule has 3 amide bonds. The van der Waals surface area contributed by atoms with Gasteiger partial charge in [0.05, 0.1) is 0 Å². The molecule has 0 spiro atoms. The Hall–Kier alpha value is -3.22. The Morgan fingerprint density at radius 3 is 2.75 bits per heavy atom. The molecule has 0 bridgehead atoms. The van der Waals surface area contributed by atoms with E-state index in [0.29, 0.717) is 29.3 Å². The van der Waals surface area contributed by atoms with Crippen LogP contribution in [0.5, 0.6) is 11.5 Å². The zero-order chi connectivity index (χ0) is 16.7. The van der Waals surface area contributed by atoms with Gasteiger partial charge in [-0.3, -0.25) is 9.69 Å². The van der Waals surface area contributed by atoms with Crippen molar-refractivity contribution in [2.45, 2.75) is 12.5 Å². The summed E-state index contributed by atoms with van der Waals surface area (Å²) in [6.07, 6.45) is 0.417. The first-order valence-electron chi connectivity index (χ1n) is 7.50. The summed E-state index contributed by atoms with van der Waals surface area (Å²) in [7, 11) is 0. The van der Waals surface area contributed by atoms with Crippen molar-refractivity contribution in [3.05, 3.63) is 48.0 Å². The van der Waals surface area contributed by atoms with E-state index in [1.165, 1.54) is 4.90 Å². The number of fused-ring (bicyclic) bond motifs is 2. The first-order chi connectivity index (χ1) is 11.6. The second-order valence-electron chi connectivity index (χ2n) is 5.62. The van der Waals surface area contributed by atoms with Crippen LogP contribution in [0.3, 0.4) is 0 Å². The van der Waals surface area contributed by atoms with Crippen LogP contribution >= 0.6 is 0 Å². The third-order valence-corrected chi connectivity index (χ3v) is 4.15. The number of anilines is 2. The molecular formula is C17H15N3O4. The predicted molar refractivity (Wildman–Crippen MR) is 87.2 cm³/mol. The molecule has 0 saturated heterocycles. The van der Waals surface area contributed by atoms with Crippen molar-refractivity contribution in [2.24, 2.45) is 5.73 Å². The monoisotopic (exact) mass is 325 g/mol. The van der Waals surface area contributed by atoms with Gasteiger partial charge in [-0.25, -0.2) is 4.79 Å². The van der Waals surface area contributed by atoms with Gasteiger partial charge in [-0.1, -0.05) is 18.2 Å². The van der Waals surface area contributed by atoms with E-state index >= 15 is 0 Å². The van der Waals surface area contributed by atoms with Crippen molar-refractivity contribution >= 4 is 23.3 Å². The minimum atomic E-state index is -0.698. The normalized spacial score (nSPS) is 17.5. The third-order valence-electron chi connectivity index (χ3n) is 4.15. The van der Waals surface area contributed by atoms with E-state index in [1.54, 1.807) is 24.3 Å². The molecule has 2 aliphatic heterocycles. The molecule has 7 nitrogen and oxygen atoms in total. The summed E-state index contributed by atoms with van der Waals surface area (Å²) in [6.45, 7) is 0.163. The zero-order valence-corrected chi connectivity index (χ0v) is 12.7. The molecule has 2 aromatic carbocycles. The van der Waals surface area contributed by atoms with Crippen LogP contribution in [0.4, 0.5) is 16.2 Å². The number of ether oxygens (including phenoxy) is 2. The molecular weight excluding hydrogens is 310 g/mol. The number of amides is 3. The molecule has 0 saturated carbocycles. The fourth-order valence-corrected chi connectivity index (χ4v) is 3.02. The molecule has 4 rings (SSSR count). The minimum absolute atomic E-state index is 0.163. The van der Waals surface area contributed by atoms with Crippen LogP contribution < -0.4 is 25.4 Å². The number of para-hydroxylation sites is 1. The highest BCUT2D eigenvalue weighted by atomic mass is 16.7. The van der Waals surface area contributed by atoms with E-state index in [2.05, 4.69) is 5.32 Å². The van der Waals surface area contributed by atoms with Crippen LogP contribution in [-0.4, -0.2) is 24.8 Å². The summed E-state index contributed by atoms with van der Waals surface area (Å²) in [6, 6.07) is 11.4. The fourth-order valence-electron chi connectivity index (χ4n) is 3.02. The minimum Gasteiger partial charge on any atom is -0.454 e. The molecule has 3 N–H and O–H groups in total. The highest BCUT2D eigenvalue weighted by Crippen LogP contribution is 2.35. The van der Waals surface area contributed by atoms with Crippen molar-refractivity contribution in [3.8, 4) is 11.5 Å². The summed E-state index contributed by atoms with van der Waals surface area (Å²) in [4.78, 5) is 25.9. The van der Waals surface area contributed by atoms with E-state index in [1.807, 2.05) is 18.2 Å². The number of rotatable bonds is 2. The van der Waals surface area contributed by atoms with Crippen LogP contribution in [0.2, 0.25) is 0 Å². The highest BCUT2D eigenvalue weighted by Gasteiger charge is 2.37. The van der Waals surface area contributed by atoms with Crippen molar-refractivity contribution in [2.75, 3.05) is 17.0 Å². The first kappa shape index (κ1) is 14.4. The van der Waals surface area contributed by atoms with E-state index in [4.69, 9.17) is 15.2 Å². The Bertz CT molecular complexity index is 836. The van der Waals surface area contributed by atoms with E-state index in [-0.39, 0.29) is 6.79 Å². The molecule has 7 heteroatoms. The molecule has 2 heterocycles. The van der Waals surface area contributed by atoms with E-state index in [9.17, 15) is 9.59 Å². The summed E-state index contributed by atoms with van der Waals surface area (Å²) in [5, 5.41) is 2.78. The predicted octanol–water partition coefficient (Wildman–Crippen LogP) is 1.86. The molecule has 2 aromatic rings. The van der Waals surface area contributed by atoms with Gasteiger partial charge in [0.15, 0.2) is 11.5 Å². The van der Waals surface area contributed by atoms with Gasteiger partial charge in [-0.05, 0) is 23.8 Å². The lowest BCUT2D eigenvalue weighted by atomic mass is 10.1. The van der Waals surface area contributed by atoms with Crippen LogP contribution in [-0.2, 0) is 11.2 Å². The van der Waals surface area contributed by atoms with E-state index < -0.39 is 18.0 Å². The summed E-state index contributed by atoms with van der Waals surface area (Å²) in [5.41, 5.74) is 7.64. The first-order valence-corrected chi connectivity index (χ1v) is 7.50. The Kier molecular flexibility index (Phi) is 3.26. The summed E-state index contributed by atoms with van der Waals surface area (Å²) >= 11 is 0. The van der Waals surface area contributed by atoms with Gasteiger partial charge in [-0.2, -0.15) is 0 Å². The summed E-state index contributed by atoms with van der Waals surface area (Å²) in [5.74, 6) is 0.669. The smallest absolute Gasteiger partial charge is 0.327 e. The number of carbonyl (C=O) groups excluding carboxylic acids is 2. The van der Waals surface area contributed by atoms with Crippen LogP contribution in [0.25, 0.3) is 0 Å². The molecule has 0 radical (unpaired) electrons. The van der Waals surface area contributed by atoms with Gasteiger partial charge < -0.3 is 20.5 Å². The van der Waals surface area contributed by atoms with Gasteiger partial charge in [0.1, 0.15) is 6.04 Å². The maximum absolute atomic E-state index is 12.7. The topological polar surface area (TPSA) is 93.9 Å². The van der Waals surface area contributed by atoms with Crippen molar-refractivity contribution in [1.82, 2.24) is 0 Å². The van der Waals surface area contributed by atoms with E-state index in [0.717, 1.165) is 5.56 Å². The maximum atomic E-state index is 12.7. The number of benzene rings is 2. The largest absolute Gasteiger partial charge is 0.454 e. The van der Waals surface area contributed by atoms with Crippen molar-refractivity contribution in [3.63, 3.8) is 0 Å². The number of urea groups is 1. The number of nitrogens with two attached hydrogens (primary N) is 1. The van der Waals surface area contributed by atoms with Crippen LogP contribution in [0, 0.1) is 0 Å². The Morgan fingerprint density at radius 2 is 1.92 bits per heavy atom. The quantitative estimate of drug-likeness (QED) is 0.881. The molecule has 0 aromatic heterocycles. The van der Waals surface area contributed by atoms with Crippen LogP contribution in [0.1, 0.15) is 5.56 Å². The molecule has 122 valence electrons. The van der Waals surface area contributed by atoms with Gasteiger partial charge >= 0.3 is 6.03 Å². The average molecular weight is 325 g/mol. The maximum Gasteiger partial charge on any atom is 0.327 e. The molecule has 2 aliphatic rings. The molecule has 24 heavy (non-hydrogen) atoms. The van der Waals surface area contributed by atoms with Crippen molar-refractivity contribution < 1.29 is 19.1 Å². The number of hydrogen-bond donors (Lipinski definition) is 2. The van der Waals surface area contributed by atoms with Gasteiger partial charge in [0, 0.05) is 23.9 Å². The van der Waals surface area contributed by atoms with Crippen LogP contribution in [0.15, 0.2) is 42.5 Å². The zero-order valence-electron chi connectivity index (χ0n) is 12.7. The summed E-state index contributed by atoms with van der Waals surface area (Å²) < 4.78 is 10.5. The van der Waals surface area contributed by atoms with Gasteiger partial charge in [0.2, 0.25) is 12.7 Å². The average Bonchev–Trinajstić information content (AvgIpc) is 3.18. The van der Waals surface area contributed by atoms with Gasteiger partial charge in [-0.15, -0.1) is 0 Å². The number of nitrogens with one attached hydrogen (secondary N) is 1. The number of hydrogen-bond acceptors (Lipinski definition) is 4. The second-order valence-corrected chi connectivity index (χ2v) is 5.62.